The second kappa shape index (κ2) is 8.83. The van der Waals surface area contributed by atoms with Gasteiger partial charge in [-0.05, 0) is 56.5 Å². The Hall–Kier alpha value is -3.56. The van der Waals surface area contributed by atoms with E-state index < -0.39 is 17.7 Å². The summed E-state index contributed by atoms with van der Waals surface area (Å²) in [5, 5.41) is 0. The van der Waals surface area contributed by atoms with Crippen molar-refractivity contribution in [3.8, 4) is 11.4 Å². The molecule has 3 aromatic heterocycles. The monoisotopic (exact) mass is 490 g/mol. The summed E-state index contributed by atoms with van der Waals surface area (Å²) >= 11 is 0. The van der Waals surface area contributed by atoms with Crippen LogP contribution in [0.15, 0.2) is 47.4 Å². The molecule has 1 saturated heterocycles. The predicted octanol–water partition coefficient (Wildman–Crippen LogP) is 4.96. The lowest BCUT2D eigenvalue weighted by Crippen LogP contribution is -2.25. The van der Waals surface area contributed by atoms with Gasteiger partial charge in [0.15, 0.2) is 5.82 Å². The number of halogens is 2. The van der Waals surface area contributed by atoms with Crippen molar-refractivity contribution < 1.29 is 18.3 Å². The van der Waals surface area contributed by atoms with E-state index in [2.05, 4.69) is 4.98 Å². The minimum absolute atomic E-state index is 0.00943. The van der Waals surface area contributed by atoms with Crippen LogP contribution >= 0.6 is 0 Å². The van der Waals surface area contributed by atoms with Gasteiger partial charge in [-0.2, -0.15) is 0 Å². The lowest BCUT2D eigenvalue weighted by atomic mass is 9.89. The summed E-state index contributed by atoms with van der Waals surface area (Å²) in [5.74, 6) is -1.41. The minimum atomic E-state index is -0.797. The Balaban J connectivity index is 1.52. The molecule has 0 aliphatic carbocycles. The molecule has 3 atom stereocenters. The molecule has 0 saturated carbocycles. The molecule has 1 fully saturated rings. The maximum atomic E-state index is 15.0. The predicted molar refractivity (Wildman–Crippen MR) is 127 cm³/mol. The summed E-state index contributed by atoms with van der Waals surface area (Å²) in [4.78, 5) is 27.3. The number of benzene rings is 1. The van der Waals surface area contributed by atoms with Gasteiger partial charge in [-0.25, -0.2) is 23.1 Å². The maximum absolute atomic E-state index is 15.0. The van der Waals surface area contributed by atoms with E-state index in [1.165, 1.54) is 10.5 Å². The second-order valence-corrected chi connectivity index (χ2v) is 9.36. The molecule has 0 N–H and O–H groups in total. The number of pyridine rings is 1. The zero-order valence-corrected chi connectivity index (χ0v) is 19.9. The molecule has 184 valence electrons. The van der Waals surface area contributed by atoms with Crippen LogP contribution in [0.2, 0.25) is 0 Å². The first-order valence-electron chi connectivity index (χ1n) is 12.0. The van der Waals surface area contributed by atoms with Gasteiger partial charge in [0.05, 0.1) is 35.6 Å². The van der Waals surface area contributed by atoms with Gasteiger partial charge in [0, 0.05) is 42.2 Å². The van der Waals surface area contributed by atoms with E-state index in [0.29, 0.717) is 42.0 Å². The zero-order valence-electron chi connectivity index (χ0n) is 19.9. The van der Waals surface area contributed by atoms with Crippen molar-refractivity contribution in [2.75, 3.05) is 6.61 Å². The Labute approximate surface area is 205 Å². The van der Waals surface area contributed by atoms with Gasteiger partial charge in [0.2, 0.25) is 0 Å². The molecular formula is C27H24F2N4O3. The Morgan fingerprint density at radius 1 is 1.08 bits per heavy atom. The highest BCUT2D eigenvalue weighted by atomic mass is 19.1. The van der Waals surface area contributed by atoms with Crippen LogP contribution in [0.4, 0.5) is 8.78 Å². The van der Waals surface area contributed by atoms with Crippen LogP contribution < -0.4 is 5.56 Å². The van der Waals surface area contributed by atoms with Crippen molar-refractivity contribution in [2.45, 2.75) is 51.4 Å². The largest absolute Gasteiger partial charge is 0.373 e. The van der Waals surface area contributed by atoms with Gasteiger partial charge >= 0.3 is 0 Å². The Morgan fingerprint density at radius 2 is 1.94 bits per heavy atom. The second-order valence-electron chi connectivity index (χ2n) is 9.36. The first-order chi connectivity index (χ1) is 17.4. The summed E-state index contributed by atoms with van der Waals surface area (Å²) in [5.41, 5.74) is 3.69. The van der Waals surface area contributed by atoms with Gasteiger partial charge < -0.3 is 9.47 Å². The molecule has 6 rings (SSSR count). The maximum Gasteiger partial charge on any atom is 0.265 e. The van der Waals surface area contributed by atoms with Crippen LogP contribution in [0.3, 0.4) is 0 Å². The van der Waals surface area contributed by atoms with E-state index in [-0.39, 0.29) is 35.6 Å². The lowest BCUT2D eigenvalue weighted by molar-refractivity contribution is 0.00457. The molecule has 2 aliphatic rings. The Kier molecular flexibility index (Phi) is 5.61. The van der Waals surface area contributed by atoms with Gasteiger partial charge in [-0.1, -0.05) is 0 Å². The molecule has 36 heavy (non-hydrogen) atoms. The molecule has 7 nitrogen and oxygen atoms in total. The van der Waals surface area contributed by atoms with E-state index in [0.717, 1.165) is 23.4 Å². The SMILES string of the molecule is Cc1cc([C@@H]2C[C@H](c3cc4nc5c(c(=O)n4c(-c4ccc(F)cc4F)n3)C(C)OC5)CCO2)ccn1. The molecule has 4 aromatic rings. The highest BCUT2D eigenvalue weighted by Crippen LogP contribution is 2.38. The highest BCUT2D eigenvalue weighted by Gasteiger charge is 2.30. The zero-order chi connectivity index (χ0) is 25.0. The molecule has 0 bridgehead atoms. The highest BCUT2D eigenvalue weighted by molar-refractivity contribution is 5.61. The van der Waals surface area contributed by atoms with E-state index in [1.54, 1.807) is 19.2 Å². The molecule has 5 heterocycles. The number of hydrogen-bond acceptors (Lipinski definition) is 6. The first-order valence-corrected chi connectivity index (χ1v) is 12.0. The molecule has 0 radical (unpaired) electrons. The van der Waals surface area contributed by atoms with Crippen molar-refractivity contribution >= 4 is 5.65 Å². The summed E-state index contributed by atoms with van der Waals surface area (Å²) in [6, 6.07) is 9.00. The number of ether oxygens (including phenoxy) is 2. The molecule has 9 heteroatoms. The van der Waals surface area contributed by atoms with Crippen LogP contribution in [0, 0.1) is 18.6 Å². The van der Waals surface area contributed by atoms with Crippen molar-refractivity contribution in [3.63, 3.8) is 0 Å². The fourth-order valence-electron chi connectivity index (χ4n) is 5.17. The Morgan fingerprint density at radius 3 is 2.75 bits per heavy atom. The summed E-state index contributed by atoms with van der Waals surface area (Å²) in [7, 11) is 0. The molecular weight excluding hydrogens is 466 g/mol. The van der Waals surface area contributed by atoms with Crippen molar-refractivity contribution in [1.29, 1.82) is 0 Å². The molecule has 2 aliphatic heterocycles. The smallest absolute Gasteiger partial charge is 0.265 e. The van der Waals surface area contributed by atoms with E-state index in [1.807, 2.05) is 19.1 Å². The topological polar surface area (TPSA) is 78.6 Å². The minimum Gasteiger partial charge on any atom is -0.373 e. The number of rotatable bonds is 3. The van der Waals surface area contributed by atoms with Gasteiger partial charge in [0.1, 0.15) is 17.3 Å². The summed E-state index contributed by atoms with van der Waals surface area (Å²) < 4.78 is 41.7. The number of nitrogens with zero attached hydrogens (tertiary/aromatic N) is 4. The number of fused-ring (bicyclic) bond motifs is 2. The van der Waals surface area contributed by atoms with Crippen LogP contribution in [0.25, 0.3) is 17.0 Å². The van der Waals surface area contributed by atoms with Crippen molar-refractivity contribution in [1.82, 2.24) is 19.4 Å². The molecule has 0 spiro atoms. The Bertz CT molecular complexity index is 1550. The van der Waals surface area contributed by atoms with E-state index in [4.69, 9.17) is 19.4 Å². The fraction of sp³-hybridized carbons (Fsp3) is 0.333. The first kappa shape index (κ1) is 22.9. The van der Waals surface area contributed by atoms with Crippen LogP contribution in [-0.4, -0.2) is 26.0 Å². The van der Waals surface area contributed by atoms with Crippen LogP contribution in [0.1, 0.15) is 66.1 Å². The number of hydrogen-bond donors (Lipinski definition) is 0. The van der Waals surface area contributed by atoms with Crippen molar-refractivity contribution in [2.24, 2.45) is 0 Å². The van der Waals surface area contributed by atoms with Gasteiger partial charge in [-0.3, -0.25) is 9.78 Å². The van der Waals surface area contributed by atoms with Gasteiger partial charge in [-0.15, -0.1) is 0 Å². The summed E-state index contributed by atoms with van der Waals surface area (Å²) in [6.45, 7) is 4.48. The molecule has 0 amide bonds. The third kappa shape index (κ3) is 3.88. The van der Waals surface area contributed by atoms with Crippen LogP contribution in [-0.2, 0) is 16.1 Å². The average Bonchev–Trinajstić information content (AvgIpc) is 3.24. The van der Waals surface area contributed by atoms with Crippen molar-refractivity contribution in [3.05, 3.63) is 92.8 Å². The quantitative estimate of drug-likeness (QED) is 0.404. The summed E-state index contributed by atoms with van der Waals surface area (Å²) in [6.07, 6.45) is 2.57. The number of aromatic nitrogens is 4. The van der Waals surface area contributed by atoms with Gasteiger partial charge in [0.25, 0.3) is 5.56 Å². The van der Waals surface area contributed by atoms with Crippen LogP contribution in [0.5, 0.6) is 0 Å². The molecule has 1 unspecified atom stereocenters. The van der Waals surface area contributed by atoms with E-state index >= 15 is 0 Å². The van der Waals surface area contributed by atoms with E-state index in [9.17, 15) is 13.6 Å². The lowest BCUT2D eigenvalue weighted by Gasteiger charge is -2.30. The standard InChI is InChI=1S/C27H24F2N4O3/c1-14-9-17(5-7-30-14)23-10-16(6-8-35-23)21-12-24-31-22-13-36-15(2)25(22)27(34)33(24)26(32-21)19-4-3-18(28)11-20(19)29/h3-5,7,9,11-12,15-16,23H,6,8,10,13H2,1-2H3/t15?,16-,23+/m1/s1. The average molecular weight is 491 g/mol. The molecule has 1 aromatic carbocycles. The third-order valence-electron chi connectivity index (χ3n) is 6.99. The number of aryl methyl sites for hydroxylation is 1. The third-order valence-corrected chi connectivity index (χ3v) is 6.99. The normalized spacial score (nSPS) is 21.6. The fourth-order valence-corrected chi connectivity index (χ4v) is 5.17.